The lowest BCUT2D eigenvalue weighted by Crippen LogP contribution is -2.25. The van der Waals surface area contributed by atoms with E-state index in [-0.39, 0.29) is 17.0 Å². The minimum atomic E-state index is -4.55. The van der Waals surface area contributed by atoms with Crippen LogP contribution < -0.4 is 22.7 Å². The van der Waals surface area contributed by atoms with Gasteiger partial charge in [0.05, 0.1) is 23.0 Å². The number of allylic oxidation sites excluding steroid dienone is 2. The van der Waals surface area contributed by atoms with Gasteiger partial charge in [0.1, 0.15) is 0 Å². The molecule has 6 N–H and O–H groups in total. The van der Waals surface area contributed by atoms with Gasteiger partial charge in [-0.25, -0.2) is 9.48 Å². The van der Waals surface area contributed by atoms with Gasteiger partial charge in [-0.15, -0.1) is 0 Å². The Balaban J connectivity index is 2.40. The summed E-state index contributed by atoms with van der Waals surface area (Å²) < 4.78 is 38.5. The first-order valence-electron chi connectivity index (χ1n) is 6.06. The quantitative estimate of drug-likeness (QED) is 0.590. The summed E-state index contributed by atoms with van der Waals surface area (Å²) in [5, 5.41) is 3.54. The molecule has 0 aliphatic carbocycles. The predicted octanol–water partition coefficient (Wildman–Crippen LogP) is 0.0354. The summed E-state index contributed by atoms with van der Waals surface area (Å²) in [5.41, 5.74) is 8.44. The number of nitrogens with two attached hydrogens (primary N) is 2. The SMILES string of the molecule is N/C=C(\C=C(/N)c1c[nH]c(=O)[nH]c1=O)n1cc(C(F)(F)F)cn1. The molecule has 2 heterocycles. The number of aromatic amines is 2. The van der Waals surface area contributed by atoms with E-state index < -0.39 is 23.0 Å². The van der Waals surface area contributed by atoms with E-state index in [1.165, 1.54) is 0 Å². The molecule has 2 aromatic rings. The molecule has 8 nitrogen and oxygen atoms in total. The maximum Gasteiger partial charge on any atom is 0.419 e. The van der Waals surface area contributed by atoms with Gasteiger partial charge in [0, 0.05) is 24.3 Å². The van der Waals surface area contributed by atoms with E-state index in [1.54, 1.807) is 0 Å². The molecule has 0 amide bonds. The first-order chi connectivity index (χ1) is 10.7. The van der Waals surface area contributed by atoms with Crippen molar-refractivity contribution in [2.24, 2.45) is 11.5 Å². The third-order valence-electron chi connectivity index (χ3n) is 2.78. The molecule has 0 unspecified atom stereocenters. The average Bonchev–Trinajstić information content (AvgIpc) is 2.94. The molecular weight excluding hydrogens is 317 g/mol. The Kier molecular flexibility index (Phi) is 4.12. The van der Waals surface area contributed by atoms with E-state index in [1.807, 2.05) is 4.98 Å². The number of alkyl halides is 3. The van der Waals surface area contributed by atoms with Crippen LogP contribution in [0.2, 0.25) is 0 Å². The molecule has 0 aromatic carbocycles. The zero-order chi connectivity index (χ0) is 17.2. The van der Waals surface area contributed by atoms with Gasteiger partial charge in [0.2, 0.25) is 0 Å². The molecule has 0 saturated heterocycles. The Morgan fingerprint density at radius 3 is 2.57 bits per heavy atom. The van der Waals surface area contributed by atoms with Gasteiger partial charge in [-0.05, 0) is 6.08 Å². The van der Waals surface area contributed by atoms with Crippen molar-refractivity contribution in [3.8, 4) is 0 Å². The summed E-state index contributed by atoms with van der Waals surface area (Å²) in [6.45, 7) is 0. The number of nitrogens with zero attached hydrogens (tertiary/aromatic N) is 2. The average molecular weight is 328 g/mol. The normalized spacial score (nSPS) is 13.3. The van der Waals surface area contributed by atoms with Crippen LogP contribution in [-0.4, -0.2) is 19.7 Å². The Morgan fingerprint density at radius 2 is 2.04 bits per heavy atom. The van der Waals surface area contributed by atoms with Crippen LogP contribution in [0.25, 0.3) is 11.4 Å². The number of rotatable bonds is 3. The highest BCUT2D eigenvalue weighted by molar-refractivity contribution is 5.73. The molecule has 0 aliphatic heterocycles. The second-order valence-corrected chi connectivity index (χ2v) is 4.35. The lowest BCUT2D eigenvalue weighted by Gasteiger charge is -2.05. The van der Waals surface area contributed by atoms with Crippen LogP contribution >= 0.6 is 0 Å². The Bertz CT molecular complexity index is 887. The Labute approximate surface area is 125 Å². The van der Waals surface area contributed by atoms with Gasteiger partial charge in [-0.1, -0.05) is 0 Å². The maximum absolute atomic E-state index is 12.6. The van der Waals surface area contributed by atoms with Gasteiger partial charge in [-0.2, -0.15) is 18.3 Å². The molecule has 11 heteroatoms. The molecule has 0 aliphatic rings. The first kappa shape index (κ1) is 16.1. The standard InChI is InChI=1S/C12H11F3N6O2/c13-12(14,15)6-3-19-21(5-6)7(2-16)1-9(17)8-4-18-11(23)20-10(8)22/h1-5H,16-17H2,(H2,18,20,22,23)/b7-2+,9-1-. The monoisotopic (exact) mass is 328 g/mol. The molecule has 23 heavy (non-hydrogen) atoms. The third-order valence-corrected chi connectivity index (χ3v) is 2.78. The van der Waals surface area contributed by atoms with E-state index in [0.717, 1.165) is 29.4 Å². The number of hydrogen-bond donors (Lipinski definition) is 4. The van der Waals surface area contributed by atoms with Crippen LogP contribution in [0.1, 0.15) is 11.1 Å². The van der Waals surface area contributed by atoms with Gasteiger partial charge < -0.3 is 16.5 Å². The van der Waals surface area contributed by atoms with Crippen LogP contribution in [0, 0.1) is 0 Å². The number of H-pyrrole nitrogens is 2. The van der Waals surface area contributed by atoms with Crippen LogP contribution in [0.15, 0.2) is 40.5 Å². The van der Waals surface area contributed by atoms with Crippen molar-refractivity contribution >= 4 is 11.4 Å². The smallest absolute Gasteiger partial charge is 0.403 e. The lowest BCUT2D eigenvalue weighted by atomic mass is 10.2. The zero-order valence-corrected chi connectivity index (χ0v) is 11.4. The second kappa shape index (κ2) is 5.87. The number of hydrogen-bond acceptors (Lipinski definition) is 5. The Hall–Kier alpha value is -3.24. The fourth-order valence-corrected chi connectivity index (χ4v) is 1.66. The van der Waals surface area contributed by atoms with Crippen LogP contribution in [0.4, 0.5) is 13.2 Å². The van der Waals surface area contributed by atoms with Crippen LogP contribution in [0.5, 0.6) is 0 Å². The first-order valence-corrected chi connectivity index (χ1v) is 6.06. The minimum Gasteiger partial charge on any atom is -0.403 e. The van der Waals surface area contributed by atoms with Gasteiger partial charge in [-0.3, -0.25) is 9.78 Å². The molecule has 0 saturated carbocycles. The van der Waals surface area contributed by atoms with E-state index in [4.69, 9.17) is 11.5 Å². The molecular formula is C12H11F3N6O2. The molecule has 0 spiro atoms. The Morgan fingerprint density at radius 1 is 1.35 bits per heavy atom. The molecule has 0 atom stereocenters. The molecule has 0 fully saturated rings. The lowest BCUT2D eigenvalue weighted by molar-refractivity contribution is -0.137. The maximum atomic E-state index is 12.6. The topological polar surface area (TPSA) is 136 Å². The fourth-order valence-electron chi connectivity index (χ4n) is 1.66. The highest BCUT2D eigenvalue weighted by Crippen LogP contribution is 2.29. The summed E-state index contributed by atoms with van der Waals surface area (Å²) in [7, 11) is 0. The fraction of sp³-hybridized carbons (Fsp3) is 0.0833. The van der Waals surface area contributed by atoms with Gasteiger partial charge in [0.15, 0.2) is 0 Å². The summed E-state index contributed by atoms with van der Waals surface area (Å²) in [6.07, 6.45) is -0.00943. The van der Waals surface area contributed by atoms with Crippen molar-refractivity contribution in [2.45, 2.75) is 6.18 Å². The van der Waals surface area contributed by atoms with Crippen molar-refractivity contribution in [2.75, 3.05) is 0 Å². The number of nitrogens with one attached hydrogen (secondary N) is 2. The van der Waals surface area contributed by atoms with Gasteiger partial charge >= 0.3 is 11.9 Å². The van der Waals surface area contributed by atoms with Crippen molar-refractivity contribution in [1.82, 2.24) is 19.7 Å². The van der Waals surface area contributed by atoms with Crippen LogP contribution in [0.3, 0.4) is 0 Å². The molecule has 0 radical (unpaired) electrons. The molecule has 2 rings (SSSR count). The van der Waals surface area contributed by atoms with Crippen molar-refractivity contribution in [1.29, 1.82) is 0 Å². The molecule has 0 bridgehead atoms. The number of halogens is 3. The zero-order valence-electron chi connectivity index (χ0n) is 11.4. The van der Waals surface area contributed by atoms with E-state index in [2.05, 4.69) is 10.1 Å². The highest BCUT2D eigenvalue weighted by atomic mass is 19.4. The summed E-state index contributed by atoms with van der Waals surface area (Å²) in [5.74, 6) is 0. The van der Waals surface area contributed by atoms with E-state index in [0.29, 0.717) is 6.20 Å². The summed E-state index contributed by atoms with van der Waals surface area (Å²) >= 11 is 0. The minimum absolute atomic E-state index is 0.00333. The number of aromatic nitrogens is 4. The van der Waals surface area contributed by atoms with Crippen molar-refractivity contribution in [3.05, 3.63) is 62.8 Å². The van der Waals surface area contributed by atoms with Crippen molar-refractivity contribution in [3.63, 3.8) is 0 Å². The second-order valence-electron chi connectivity index (χ2n) is 4.35. The summed E-state index contributed by atoms with van der Waals surface area (Å²) in [6, 6.07) is 0. The predicted molar refractivity (Wildman–Crippen MR) is 75.5 cm³/mol. The van der Waals surface area contributed by atoms with Gasteiger partial charge in [0.25, 0.3) is 5.56 Å². The molecule has 2 aromatic heterocycles. The third kappa shape index (κ3) is 3.51. The van der Waals surface area contributed by atoms with Crippen molar-refractivity contribution < 1.29 is 13.2 Å². The van der Waals surface area contributed by atoms with E-state index in [9.17, 15) is 22.8 Å². The van der Waals surface area contributed by atoms with Crippen LogP contribution in [-0.2, 0) is 6.18 Å². The molecule has 122 valence electrons. The summed E-state index contributed by atoms with van der Waals surface area (Å²) in [4.78, 5) is 26.7. The highest BCUT2D eigenvalue weighted by Gasteiger charge is 2.32. The van der Waals surface area contributed by atoms with E-state index >= 15 is 0 Å². The largest absolute Gasteiger partial charge is 0.419 e.